The van der Waals surface area contributed by atoms with Crippen molar-refractivity contribution < 1.29 is 23.8 Å². The third-order valence-electron chi connectivity index (χ3n) is 4.58. The van der Waals surface area contributed by atoms with Crippen LogP contribution in [-0.4, -0.2) is 38.0 Å². The number of ether oxygens (including phenoxy) is 3. The summed E-state index contributed by atoms with van der Waals surface area (Å²) in [6.07, 6.45) is 1.56. The Morgan fingerprint density at radius 2 is 1.93 bits per heavy atom. The molecule has 0 atom stereocenters. The molecule has 0 saturated heterocycles. The normalized spacial score (nSPS) is 10.9. The van der Waals surface area contributed by atoms with Crippen molar-refractivity contribution in [1.82, 2.24) is 4.98 Å². The first-order valence-corrected chi connectivity index (χ1v) is 9.51. The highest BCUT2D eigenvalue weighted by molar-refractivity contribution is 5.98. The largest absolute Gasteiger partial charge is 0.493 e. The number of benzene rings is 2. The SMILES string of the molecule is CCOc1ccc(/C=N\OCc2nc3ccccc3c(C)c2C(=O)OC)cc1OC. The van der Waals surface area contributed by atoms with Gasteiger partial charge in [0, 0.05) is 10.9 Å². The Kier molecular flexibility index (Phi) is 6.85. The fourth-order valence-corrected chi connectivity index (χ4v) is 3.15. The summed E-state index contributed by atoms with van der Waals surface area (Å²) in [6, 6.07) is 13.1. The molecule has 2 aromatic carbocycles. The lowest BCUT2D eigenvalue weighted by atomic mass is 10.0. The van der Waals surface area contributed by atoms with Gasteiger partial charge in [-0.1, -0.05) is 23.4 Å². The van der Waals surface area contributed by atoms with Gasteiger partial charge in [-0.15, -0.1) is 0 Å². The fraction of sp³-hybridized carbons (Fsp3) is 0.261. The number of para-hydroxylation sites is 1. The summed E-state index contributed by atoms with van der Waals surface area (Å²) in [4.78, 5) is 22.3. The Labute approximate surface area is 175 Å². The summed E-state index contributed by atoms with van der Waals surface area (Å²) in [5, 5.41) is 4.91. The van der Waals surface area contributed by atoms with E-state index in [1.54, 1.807) is 19.4 Å². The van der Waals surface area contributed by atoms with E-state index in [4.69, 9.17) is 19.0 Å². The van der Waals surface area contributed by atoms with Gasteiger partial charge in [0.2, 0.25) is 0 Å². The molecular weight excluding hydrogens is 384 g/mol. The highest BCUT2D eigenvalue weighted by Crippen LogP contribution is 2.27. The molecule has 0 N–H and O–H groups in total. The van der Waals surface area contributed by atoms with Crippen molar-refractivity contribution in [2.45, 2.75) is 20.5 Å². The molecular formula is C23H24N2O5. The zero-order valence-corrected chi connectivity index (χ0v) is 17.5. The number of fused-ring (bicyclic) bond motifs is 1. The fourth-order valence-electron chi connectivity index (χ4n) is 3.15. The summed E-state index contributed by atoms with van der Waals surface area (Å²) in [6.45, 7) is 4.36. The van der Waals surface area contributed by atoms with Crippen molar-refractivity contribution >= 4 is 23.1 Å². The number of esters is 1. The lowest BCUT2D eigenvalue weighted by molar-refractivity contribution is 0.0591. The standard InChI is InChI=1S/C23H24N2O5/c1-5-29-20-11-10-16(12-21(20)27-3)13-24-30-14-19-22(23(26)28-4)15(2)17-8-6-7-9-18(17)25-19/h6-13H,5,14H2,1-4H3/b24-13-. The third kappa shape index (κ3) is 4.51. The van der Waals surface area contributed by atoms with Crippen LogP contribution in [0.1, 0.15) is 34.1 Å². The molecule has 0 aliphatic rings. The number of carbonyl (C=O) groups excluding carboxylic acids is 1. The van der Waals surface area contributed by atoms with Gasteiger partial charge in [0.25, 0.3) is 0 Å². The maximum Gasteiger partial charge on any atom is 0.340 e. The topological polar surface area (TPSA) is 79.2 Å². The molecule has 0 radical (unpaired) electrons. The Balaban J connectivity index is 1.81. The molecule has 0 spiro atoms. The number of aryl methyl sites for hydroxylation is 1. The van der Waals surface area contributed by atoms with Crippen LogP contribution >= 0.6 is 0 Å². The number of oxime groups is 1. The number of rotatable bonds is 8. The molecule has 7 heteroatoms. The average Bonchev–Trinajstić information content (AvgIpc) is 2.77. The van der Waals surface area contributed by atoms with E-state index in [2.05, 4.69) is 10.1 Å². The van der Waals surface area contributed by atoms with Crippen molar-refractivity contribution in [3.05, 3.63) is 64.8 Å². The Morgan fingerprint density at radius 3 is 2.67 bits per heavy atom. The number of hydrogen-bond acceptors (Lipinski definition) is 7. The summed E-state index contributed by atoms with van der Waals surface area (Å²) < 4.78 is 15.8. The van der Waals surface area contributed by atoms with E-state index in [1.165, 1.54) is 7.11 Å². The van der Waals surface area contributed by atoms with Crippen LogP contribution in [-0.2, 0) is 16.2 Å². The lowest BCUT2D eigenvalue weighted by Gasteiger charge is -2.12. The van der Waals surface area contributed by atoms with E-state index >= 15 is 0 Å². The van der Waals surface area contributed by atoms with E-state index in [0.717, 1.165) is 22.0 Å². The molecule has 0 fully saturated rings. The molecule has 0 aliphatic heterocycles. The van der Waals surface area contributed by atoms with Gasteiger partial charge in [0.05, 0.1) is 43.8 Å². The zero-order chi connectivity index (χ0) is 21.5. The lowest BCUT2D eigenvalue weighted by Crippen LogP contribution is -2.11. The Morgan fingerprint density at radius 1 is 1.13 bits per heavy atom. The van der Waals surface area contributed by atoms with E-state index in [-0.39, 0.29) is 6.61 Å². The minimum atomic E-state index is -0.454. The van der Waals surface area contributed by atoms with Crippen molar-refractivity contribution in [3.8, 4) is 11.5 Å². The number of hydrogen-bond donors (Lipinski definition) is 0. The summed E-state index contributed by atoms with van der Waals surface area (Å²) in [7, 11) is 2.93. The van der Waals surface area contributed by atoms with Crippen LogP contribution in [0.2, 0.25) is 0 Å². The summed E-state index contributed by atoms with van der Waals surface area (Å²) in [5.41, 5.74) is 3.23. The predicted octanol–water partition coefficient (Wildman–Crippen LogP) is 4.29. The zero-order valence-electron chi connectivity index (χ0n) is 17.5. The number of carbonyl (C=O) groups is 1. The molecule has 0 aliphatic carbocycles. The Hall–Kier alpha value is -3.61. The van der Waals surface area contributed by atoms with E-state index < -0.39 is 5.97 Å². The van der Waals surface area contributed by atoms with Gasteiger partial charge in [-0.3, -0.25) is 0 Å². The summed E-state index contributed by atoms with van der Waals surface area (Å²) in [5.74, 6) is 0.821. The van der Waals surface area contributed by atoms with Crippen LogP contribution in [0, 0.1) is 6.92 Å². The first-order chi connectivity index (χ1) is 14.6. The van der Waals surface area contributed by atoms with Crippen LogP contribution in [0.4, 0.5) is 0 Å². The minimum absolute atomic E-state index is 0.0285. The van der Waals surface area contributed by atoms with Crippen LogP contribution in [0.3, 0.4) is 0 Å². The van der Waals surface area contributed by atoms with Crippen LogP contribution in [0.25, 0.3) is 10.9 Å². The van der Waals surface area contributed by atoms with Crippen molar-refractivity contribution in [1.29, 1.82) is 0 Å². The number of methoxy groups -OCH3 is 2. The maximum absolute atomic E-state index is 12.3. The molecule has 3 rings (SSSR count). The second kappa shape index (κ2) is 9.73. The quantitative estimate of drug-likeness (QED) is 0.314. The monoisotopic (exact) mass is 408 g/mol. The van der Waals surface area contributed by atoms with Gasteiger partial charge in [-0.2, -0.15) is 0 Å². The van der Waals surface area contributed by atoms with Crippen LogP contribution in [0.15, 0.2) is 47.6 Å². The first kappa shape index (κ1) is 21.1. The minimum Gasteiger partial charge on any atom is -0.493 e. The second-order valence-corrected chi connectivity index (χ2v) is 6.42. The van der Waals surface area contributed by atoms with Gasteiger partial charge in [0.15, 0.2) is 18.1 Å². The van der Waals surface area contributed by atoms with Gasteiger partial charge < -0.3 is 19.0 Å². The third-order valence-corrected chi connectivity index (χ3v) is 4.58. The molecule has 0 amide bonds. The highest BCUT2D eigenvalue weighted by atomic mass is 16.6. The number of pyridine rings is 1. The van der Waals surface area contributed by atoms with E-state index in [0.29, 0.717) is 29.4 Å². The van der Waals surface area contributed by atoms with Crippen LogP contribution < -0.4 is 9.47 Å². The molecule has 0 saturated carbocycles. The molecule has 0 bridgehead atoms. The molecule has 1 heterocycles. The highest BCUT2D eigenvalue weighted by Gasteiger charge is 2.19. The molecule has 7 nitrogen and oxygen atoms in total. The molecule has 30 heavy (non-hydrogen) atoms. The van der Waals surface area contributed by atoms with Gasteiger partial charge >= 0.3 is 5.97 Å². The van der Waals surface area contributed by atoms with E-state index in [1.807, 2.05) is 50.2 Å². The molecule has 1 aromatic heterocycles. The van der Waals surface area contributed by atoms with Crippen molar-refractivity contribution in [2.24, 2.45) is 5.16 Å². The maximum atomic E-state index is 12.3. The van der Waals surface area contributed by atoms with Gasteiger partial charge in [-0.25, -0.2) is 9.78 Å². The number of nitrogens with zero attached hydrogens (tertiary/aromatic N) is 2. The van der Waals surface area contributed by atoms with E-state index in [9.17, 15) is 4.79 Å². The number of aromatic nitrogens is 1. The molecule has 0 unspecified atom stereocenters. The predicted molar refractivity (Wildman–Crippen MR) is 114 cm³/mol. The Bertz CT molecular complexity index is 1080. The van der Waals surface area contributed by atoms with Crippen LogP contribution in [0.5, 0.6) is 11.5 Å². The second-order valence-electron chi connectivity index (χ2n) is 6.42. The molecule has 156 valence electrons. The molecule has 3 aromatic rings. The smallest absolute Gasteiger partial charge is 0.340 e. The summed E-state index contributed by atoms with van der Waals surface area (Å²) >= 11 is 0. The average molecular weight is 408 g/mol. The van der Waals surface area contributed by atoms with Gasteiger partial charge in [-0.05, 0) is 43.7 Å². The van der Waals surface area contributed by atoms with Crippen molar-refractivity contribution in [3.63, 3.8) is 0 Å². The van der Waals surface area contributed by atoms with Crippen molar-refractivity contribution in [2.75, 3.05) is 20.8 Å². The first-order valence-electron chi connectivity index (χ1n) is 9.51. The van der Waals surface area contributed by atoms with Gasteiger partial charge in [0.1, 0.15) is 0 Å².